The van der Waals surface area contributed by atoms with E-state index >= 15 is 0 Å². The van der Waals surface area contributed by atoms with Crippen molar-refractivity contribution in [1.82, 2.24) is 10.2 Å². The van der Waals surface area contributed by atoms with Gasteiger partial charge in [-0.25, -0.2) is 0 Å². The van der Waals surface area contributed by atoms with Gasteiger partial charge in [0.2, 0.25) is 5.91 Å². The van der Waals surface area contributed by atoms with E-state index in [-0.39, 0.29) is 5.91 Å². The van der Waals surface area contributed by atoms with Crippen LogP contribution in [0.5, 0.6) is 0 Å². The topological polar surface area (TPSA) is 32.3 Å². The fraction of sp³-hybridized carbons (Fsp3) is 0.364. The number of hydrogen-bond acceptors (Lipinski definition) is 2. The van der Waals surface area contributed by atoms with Gasteiger partial charge < -0.3 is 10.2 Å². The van der Waals surface area contributed by atoms with Crippen molar-refractivity contribution < 1.29 is 4.79 Å². The third-order valence-electron chi connectivity index (χ3n) is 2.58. The molecule has 1 saturated heterocycles. The Bertz CT molecular complexity index is 409. The van der Waals surface area contributed by atoms with Crippen LogP contribution >= 0.6 is 23.2 Å². The van der Waals surface area contributed by atoms with Crippen LogP contribution in [0.3, 0.4) is 0 Å². The Morgan fingerprint density at radius 2 is 2.19 bits per heavy atom. The summed E-state index contributed by atoms with van der Waals surface area (Å²) < 4.78 is 0. The molecule has 86 valence electrons. The minimum atomic E-state index is 0.0993. The Kier molecular flexibility index (Phi) is 3.69. The van der Waals surface area contributed by atoms with Gasteiger partial charge in [0.05, 0.1) is 16.6 Å². The Morgan fingerprint density at radius 1 is 1.38 bits per heavy atom. The van der Waals surface area contributed by atoms with Gasteiger partial charge in [-0.05, 0) is 11.6 Å². The molecule has 1 aromatic carbocycles. The number of piperazine rings is 1. The van der Waals surface area contributed by atoms with E-state index in [1.54, 1.807) is 11.0 Å². The molecule has 0 spiro atoms. The van der Waals surface area contributed by atoms with Crippen LogP contribution in [0.2, 0.25) is 10.0 Å². The van der Waals surface area contributed by atoms with Gasteiger partial charge in [-0.2, -0.15) is 0 Å². The quantitative estimate of drug-likeness (QED) is 0.880. The number of amides is 1. The SMILES string of the molecule is O=C1CNCCN1Cc1cccc(Cl)c1Cl. The molecular weight excluding hydrogens is 247 g/mol. The van der Waals surface area contributed by atoms with Crippen LogP contribution in [0.1, 0.15) is 5.56 Å². The molecule has 0 unspecified atom stereocenters. The van der Waals surface area contributed by atoms with Gasteiger partial charge >= 0.3 is 0 Å². The molecule has 0 aromatic heterocycles. The van der Waals surface area contributed by atoms with Crippen LogP contribution in [0.4, 0.5) is 0 Å². The molecule has 16 heavy (non-hydrogen) atoms. The average molecular weight is 259 g/mol. The summed E-state index contributed by atoms with van der Waals surface area (Å²) in [7, 11) is 0. The molecule has 5 heteroatoms. The summed E-state index contributed by atoms with van der Waals surface area (Å²) in [5, 5.41) is 4.09. The molecule has 1 aliphatic rings. The number of carbonyl (C=O) groups is 1. The standard InChI is InChI=1S/C11H12Cl2N2O/c12-9-3-1-2-8(11(9)13)7-15-5-4-14-6-10(15)16/h1-3,14H,4-7H2. The van der Waals surface area contributed by atoms with Crippen molar-refractivity contribution in [3.8, 4) is 0 Å². The van der Waals surface area contributed by atoms with Crippen LogP contribution in [0.15, 0.2) is 18.2 Å². The Labute approximate surface area is 104 Å². The van der Waals surface area contributed by atoms with Gasteiger partial charge in [-0.15, -0.1) is 0 Å². The third-order valence-corrected chi connectivity index (χ3v) is 3.44. The summed E-state index contributed by atoms with van der Waals surface area (Å²) >= 11 is 12.0. The first kappa shape index (κ1) is 11.7. The minimum Gasteiger partial charge on any atom is -0.336 e. The number of halogens is 2. The van der Waals surface area contributed by atoms with Gasteiger partial charge in [-0.3, -0.25) is 4.79 Å². The summed E-state index contributed by atoms with van der Waals surface area (Å²) in [6, 6.07) is 5.48. The molecule has 1 N–H and O–H groups in total. The summed E-state index contributed by atoms with van der Waals surface area (Å²) in [6.07, 6.45) is 0. The summed E-state index contributed by atoms with van der Waals surface area (Å²) in [5.41, 5.74) is 0.893. The molecule has 1 aliphatic heterocycles. The van der Waals surface area contributed by atoms with Gasteiger partial charge in [0.25, 0.3) is 0 Å². The lowest BCUT2D eigenvalue weighted by atomic mass is 10.2. The second kappa shape index (κ2) is 5.04. The second-order valence-electron chi connectivity index (χ2n) is 3.71. The Balaban J connectivity index is 2.14. The number of nitrogens with one attached hydrogen (secondary N) is 1. The molecule has 1 aromatic rings. The maximum atomic E-state index is 11.6. The second-order valence-corrected chi connectivity index (χ2v) is 4.49. The van der Waals surface area contributed by atoms with Gasteiger partial charge in [0.15, 0.2) is 0 Å². The van der Waals surface area contributed by atoms with E-state index in [1.165, 1.54) is 0 Å². The molecule has 0 aliphatic carbocycles. The van der Waals surface area contributed by atoms with Crippen LogP contribution < -0.4 is 5.32 Å². The predicted molar refractivity (Wildman–Crippen MR) is 64.7 cm³/mol. The molecule has 2 rings (SSSR count). The molecule has 1 fully saturated rings. The zero-order valence-electron chi connectivity index (χ0n) is 8.67. The largest absolute Gasteiger partial charge is 0.336 e. The van der Waals surface area contributed by atoms with E-state index < -0.39 is 0 Å². The normalized spacial score (nSPS) is 16.6. The molecule has 0 atom stereocenters. The molecule has 0 radical (unpaired) electrons. The number of nitrogens with zero attached hydrogens (tertiary/aromatic N) is 1. The van der Waals surface area contributed by atoms with Crippen LogP contribution in [0.25, 0.3) is 0 Å². The van der Waals surface area contributed by atoms with Crippen molar-refractivity contribution >= 4 is 29.1 Å². The molecule has 1 heterocycles. The highest BCUT2D eigenvalue weighted by Gasteiger charge is 2.18. The highest BCUT2D eigenvalue weighted by Crippen LogP contribution is 2.26. The monoisotopic (exact) mass is 258 g/mol. The van der Waals surface area contributed by atoms with E-state index in [1.807, 2.05) is 12.1 Å². The van der Waals surface area contributed by atoms with Gasteiger partial charge in [0, 0.05) is 19.6 Å². The van der Waals surface area contributed by atoms with Crippen molar-refractivity contribution in [3.63, 3.8) is 0 Å². The lowest BCUT2D eigenvalue weighted by Gasteiger charge is -2.27. The number of carbonyl (C=O) groups excluding carboxylic acids is 1. The van der Waals surface area contributed by atoms with Crippen molar-refractivity contribution in [2.75, 3.05) is 19.6 Å². The van der Waals surface area contributed by atoms with E-state index in [4.69, 9.17) is 23.2 Å². The van der Waals surface area contributed by atoms with Crippen LogP contribution in [-0.4, -0.2) is 30.4 Å². The Morgan fingerprint density at radius 3 is 2.94 bits per heavy atom. The fourth-order valence-electron chi connectivity index (χ4n) is 1.69. The van der Waals surface area contributed by atoms with Crippen molar-refractivity contribution in [2.45, 2.75) is 6.54 Å². The van der Waals surface area contributed by atoms with Crippen LogP contribution in [0, 0.1) is 0 Å². The first-order valence-corrected chi connectivity index (χ1v) is 5.85. The molecule has 3 nitrogen and oxygen atoms in total. The zero-order valence-corrected chi connectivity index (χ0v) is 10.2. The summed E-state index contributed by atoms with van der Waals surface area (Å²) in [6.45, 7) is 2.46. The first-order valence-electron chi connectivity index (χ1n) is 5.10. The van der Waals surface area contributed by atoms with Gasteiger partial charge in [0.1, 0.15) is 0 Å². The Hall–Kier alpha value is -0.770. The van der Waals surface area contributed by atoms with Crippen molar-refractivity contribution in [3.05, 3.63) is 33.8 Å². The molecule has 1 amide bonds. The lowest BCUT2D eigenvalue weighted by molar-refractivity contribution is -0.132. The molecular formula is C11H12Cl2N2O. The number of rotatable bonds is 2. The average Bonchev–Trinajstić information content (AvgIpc) is 2.28. The van der Waals surface area contributed by atoms with Crippen molar-refractivity contribution in [1.29, 1.82) is 0 Å². The lowest BCUT2D eigenvalue weighted by Crippen LogP contribution is -2.47. The van der Waals surface area contributed by atoms with Gasteiger partial charge in [-0.1, -0.05) is 35.3 Å². The summed E-state index contributed by atoms with van der Waals surface area (Å²) in [4.78, 5) is 13.4. The third kappa shape index (κ3) is 2.48. The predicted octanol–water partition coefficient (Wildman–Crippen LogP) is 1.93. The number of hydrogen-bond donors (Lipinski definition) is 1. The van der Waals surface area contributed by atoms with E-state index in [9.17, 15) is 4.79 Å². The zero-order chi connectivity index (χ0) is 11.5. The van der Waals surface area contributed by atoms with E-state index in [0.29, 0.717) is 29.7 Å². The van der Waals surface area contributed by atoms with E-state index in [2.05, 4.69) is 5.32 Å². The minimum absolute atomic E-state index is 0.0993. The summed E-state index contributed by atoms with van der Waals surface area (Å²) in [5.74, 6) is 0.0993. The molecule has 0 saturated carbocycles. The number of benzene rings is 1. The fourth-order valence-corrected chi connectivity index (χ4v) is 2.07. The maximum Gasteiger partial charge on any atom is 0.236 e. The first-order chi connectivity index (χ1) is 7.68. The highest BCUT2D eigenvalue weighted by molar-refractivity contribution is 6.42. The van der Waals surface area contributed by atoms with E-state index in [0.717, 1.165) is 12.1 Å². The highest BCUT2D eigenvalue weighted by atomic mass is 35.5. The maximum absolute atomic E-state index is 11.6. The van der Waals surface area contributed by atoms with Crippen LogP contribution in [-0.2, 0) is 11.3 Å². The smallest absolute Gasteiger partial charge is 0.236 e. The van der Waals surface area contributed by atoms with Crippen molar-refractivity contribution in [2.24, 2.45) is 0 Å². The molecule has 0 bridgehead atoms.